The van der Waals surface area contributed by atoms with Crippen LogP contribution in [0.5, 0.6) is 0 Å². The van der Waals surface area contributed by atoms with Crippen molar-refractivity contribution in [2.24, 2.45) is 0 Å². The van der Waals surface area contributed by atoms with Crippen molar-refractivity contribution in [3.63, 3.8) is 0 Å². The molecule has 3 unspecified atom stereocenters. The highest BCUT2D eigenvalue weighted by atomic mass is 31.2. The van der Waals surface area contributed by atoms with Gasteiger partial charge in [0.05, 0.1) is 39.9 Å². The average molecular weight is 831 g/mol. The number of aliphatic hydroxyl groups is 1. The van der Waals surface area contributed by atoms with Crippen LogP contribution in [0.2, 0.25) is 0 Å². The van der Waals surface area contributed by atoms with Crippen LogP contribution in [-0.2, 0) is 18.4 Å². The number of rotatable bonds is 40. The summed E-state index contributed by atoms with van der Waals surface area (Å²) in [6, 6.07) is -0.937. The lowest BCUT2D eigenvalue weighted by atomic mass is 10.0. The van der Waals surface area contributed by atoms with Crippen LogP contribution in [0.3, 0.4) is 0 Å². The van der Waals surface area contributed by atoms with Gasteiger partial charge in [-0.2, -0.15) is 0 Å². The van der Waals surface area contributed by atoms with Gasteiger partial charge in [-0.25, -0.2) is 0 Å². The first kappa shape index (κ1) is 55.7. The minimum atomic E-state index is -4.62. The number of hydrogen-bond donors (Lipinski definition) is 2. The van der Waals surface area contributed by atoms with E-state index >= 15 is 0 Å². The van der Waals surface area contributed by atoms with Gasteiger partial charge in [0, 0.05) is 6.42 Å². The molecule has 0 rings (SSSR count). The highest BCUT2D eigenvalue weighted by molar-refractivity contribution is 7.45. The number of aliphatic hydroxyl groups excluding tert-OH is 1. The number of phosphoric ester groups is 1. The second-order valence-electron chi connectivity index (χ2n) is 16.4. The van der Waals surface area contributed by atoms with Crippen LogP contribution < -0.4 is 10.2 Å². The summed E-state index contributed by atoms with van der Waals surface area (Å²) < 4.78 is 23.2. The van der Waals surface area contributed by atoms with Gasteiger partial charge in [-0.05, 0) is 70.6 Å². The molecule has 0 heterocycles. The third-order valence-electron chi connectivity index (χ3n) is 9.59. The third-order valence-corrected chi connectivity index (χ3v) is 10.6. The Labute approximate surface area is 356 Å². The first-order chi connectivity index (χ1) is 28.0. The maximum atomic E-state index is 12.8. The lowest BCUT2D eigenvalue weighted by Crippen LogP contribution is -2.45. The van der Waals surface area contributed by atoms with Gasteiger partial charge in [0.1, 0.15) is 13.2 Å². The van der Waals surface area contributed by atoms with E-state index in [0.717, 1.165) is 57.8 Å². The van der Waals surface area contributed by atoms with E-state index in [0.29, 0.717) is 17.4 Å². The van der Waals surface area contributed by atoms with E-state index in [1.54, 1.807) is 6.08 Å². The van der Waals surface area contributed by atoms with Crippen molar-refractivity contribution in [1.29, 1.82) is 0 Å². The van der Waals surface area contributed by atoms with E-state index in [9.17, 15) is 19.4 Å². The third kappa shape index (κ3) is 41.8. The molecule has 0 aliphatic heterocycles. The van der Waals surface area contributed by atoms with Gasteiger partial charge in [-0.3, -0.25) is 9.36 Å². The molecule has 3 atom stereocenters. The fraction of sp³-hybridized carbons (Fsp3) is 0.694. The number of carbonyl (C=O) groups is 1. The molecule has 9 heteroatoms. The highest BCUT2D eigenvalue weighted by Gasteiger charge is 2.23. The van der Waals surface area contributed by atoms with Crippen molar-refractivity contribution in [3.8, 4) is 0 Å². The first-order valence-corrected chi connectivity index (χ1v) is 24.4. The van der Waals surface area contributed by atoms with Crippen LogP contribution in [0.25, 0.3) is 0 Å². The fourth-order valence-electron chi connectivity index (χ4n) is 5.97. The molecule has 0 saturated heterocycles. The van der Waals surface area contributed by atoms with Crippen LogP contribution in [-0.4, -0.2) is 68.5 Å². The van der Waals surface area contributed by atoms with Crippen LogP contribution in [0.15, 0.2) is 85.1 Å². The summed E-state index contributed by atoms with van der Waals surface area (Å²) >= 11 is 0. The Kier molecular flexibility index (Phi) is 38.5. The number of unbranched alkanes of at least 4 members (excludes halogenated alkanes) is 15. The van der Waals surface area contributed by atoms with Crippen molar-refractivity contribution >= 4 is 13.7 Å². The molecule has 0 aromatic heterocycles. The molecule has 2 N–H and O–H groups in total. The van der Waals surface area contributed by atoms with E-state index in [4.69, 9.17) is 9.05 Å². The molecular weight excluding hydrogens is 744 g/mol. The van der Waals surface area contributed by atoms with Crippen molar-refractivity contribution in [1.82, 2.24) is 5.32 Å². The number of hydrogen-bond acceptors (Lipinski definition) is 6. The van der Waals surface area contributed by atoms with Gasteiger partial charge in [0.25, 0.3) is 7.82 Å². The summed E-state index contributed by atoms with van der Waals surface area (Å²) in [5.74, 6) is -0.267. The minimum Gasteiger partial charge on any atom is -0.756 e. The van der Waals surface area contributed by atoms with Crippen molar-refractivity contribution in [2.45, 2.75) is 180 Å². The van der Waals surface area contributed by atoms with Gasteiger partial charge < -0.3 is 28.8 Å². The van der Waals surface area contributed by atoms with E-state index in [1.807, 2.05) is 27.2 Å². The number of likely N-dealkylation sites (N-methyl/N-ethyl adjacent to an activating group) is 1. The smallest absolute Gasteiger partial charge is 0.268 e. The molecule has 0 bridgehead atoms. The summed E-state index contributed by atoms with van der Waals surface area (Å²) in [7, 11) is 1.19. The van der Waals surface area contributed by atoms with Crippen LogP contribution in [0.1, 0.15) is 168 Å². The number of phosphoric acid groups is 1. The standard InChI is InChI=1S/C49H87N2O6P/c1-6-8-10-12-14-16-18-20-22-24-25-27-28-30-32-34-36-38-40-42-48(52)47(46-57-58(54,55)56-45-44-51(3,4)5)50-49(53)43-41-39-37-35-33-31-29-26-23-21-19-17-15-13-11-9-7-2/h9,11,15,17,21,23,29,31-32,34-35,37,40,42,47-48,52H,6-8,10,12-14,16,18-20,22,24-28,30,33,36,38-39,41,43-46H2,1-5H3,(H-,50,53,54,55)/b11-9-,17-15-,23-21-,31-29-,34-32+,37-35-,42-40+. The fourth-order valence-corrected chi connectivity index (χ4v) is 6.69. The quantitative estimate of drug-likeness (QED) is 0.0276. The molecule has 8 nitrogen and oxygen atoms in total. The molecule has 0 saturated carbocycles. The second kappa shape index (κ2) is 40.1. The number of nitrogens with zero attached hydrogens (tertiary/aromatic N) is 1. The molecule has 0 aliphatic rings. The lowest BCUT2D eigenvalue weighted by Gasteiger charge is -2.29. The van der Waals surface area contributed by atoms with Gasteiger partial charge in [-0.15, -0.1) is 0 Å². The van der Waals surface area contributed by atoms with E-state index in [-0.39, 0.29) is 18.9 Å². The van der Waals surface area contributed by atoms with Crippen molar-refractivity contribution < 1.29 is 32.9 Å². The van der Waals surface area contributed by atoms with E-state index < -0.39 is 26.6 Å². The summed E-state index contributed by atoms with van der Waals surface area (Å²) in [6.07, 6.45) is 55.0. The van der Waals surface area contributed by atoms with Crippen molar-refractivity contribution in [3.05, 3.63) is 85.1 Å². The summed E-state index contributed by atoms with van der Waals surface area (Å²) in [5, 5.41) is 13.7. The molecule has 0 aromatic rings. The average Bonchev–Trinajstić information content (AvgIpc) is 3.17. The molecule has 0 fully saturated rings. The molecular formula is C49H87N2O6P. The summed E-state index contributed by atoms with van der Waals surface area (Å²) in [4.78, 5) is 25.3. The number of amides is 1. The Morgan fingerprint density at radius 2 is 1.07 bits per heavy atom. The minimum absolute atomic E-state index is 0.0214. The molecule has 0 radical (unpaired) electrons. The van der Waals surface area contributed by atoms with Gasteiger partial charge in [0.2, 0.25) is 5.91 Å². The Balaban J connectivity index is 4.57. The zero-order chi connectivity index (χ0) is 42.8. The largest absolute Gasteiger partial charge is 0.756 e. The maximum absolute atomic E-state index is 12.8. The van der Waals surface area contributed by atoms with Gasteiger partial charge >= 0.3 is 0 Å². The topological polar surface area (TPSA) is 108 Å². The van der Waals surface area contributed by atoms with Gasteiger partial charge in [-0.1, -0.05) is 176 Å². The molecule has 1 amide bonds. The first-order valence-electron chi connectivity index (χ1n) is 22.9. The second-order valence-corrected chi connectivity index (χ2v) is 17.8. The summed E-state index contributed by atoms with van der Waals surface area (Å²) in [6.45, 7) is 4.45. The lowest BCUT2D eigenvalue weighted by molar-refractivity contribution is -0.870. The molecule has 58 heavy (non-hydrogen) atoms. The van der Waals surface area contributed by atoms with Crippen LogP contribution in [0.4, 0.5) is 0 Å². The van der Waals surface area contributed by atoms with E-state index in [2.05, 4.69) is 92.1 Å². The van der Waals surface area contributed by atoms with E-state index in [1.165, 1.54) is 83.5 Å². The predicted molar refractivity (Wildman–Crippen MR) is 246 cm³/mol. The Morgan fingerprint density at radius 3 is 1.60 bits per heavy atom. The number of quaternary nitrogens is 1. The molecule has 0 aliphatic carbocycles. The molecule has 0 spiro atoms. The SMILES string of the molecule is CC/C=C\C/C=C\C/C=C\C/C=C\C/C=C\CCCC(=O)NC(COP(=O)([O-])OCC[N+](C)(C)C)C(O)/C=C/CC/C=C/CCCCCCCCCCCCCCC. The normalized spacial score (nSPS) is 15.1. The highest BCUT2D eigenvalue weighted by Crippen LogP contribution is 2.38. The van der Waals surface area contributed by atoms with Gasteiger partial charge in [0.15, 0.2) is 0 Å². The number of carbonyl (C=O) groups excluding carboxylic acids is 1. The number of nitrogens with one attached hydrogen (secondary N) is 1. The zero-order valence-electron chi connectivity index (χ0n) is 37.7. The van der Waals surface area contributed by atoms with Crippen LogP contribution in [0, 0.1) is 0 Å². The maximum Gasteiger partial charge on any atom is 0.268 e. The Bertz CT molecular complexity index is 1220. The molecule has 0 aromatic carbocycles. The Hall–Kier alpha value is -2.32. The predicted octanol–water partition coefficient (Wildman–Crippen LogP) is 12.3. The monoisotopic (exact) mass is 831 g/mol. The van der Waals surface area contributed by atoms with Crippen LogP contribution >= 0.6 is 7.82 Å². The summed E-state index contributed by atoms with van der Waals surface area (Å²) in [5.41, 5.74) is 0. The number of allylic oxidation sites excluding steroid dienone is 13. The zero-order valence-corrected chi connectivity index (χ0v) is 38.6. The Morgan fingerprint density at radius 1 is 0.621 bits per heavy atom. The molecule has 334 valence electrons. The van der Waals surface area contributed by atoms with Crippen molar-refractivity contribution in [2.75, 3.05) is 40.9 Å².